The lowest BCUT2D eigenvalue weighted by atomic mass is 10.0. The van der Waals surface area contributed by atoms with E-state index in [-0.39, 0.29) is 5.97 Å². The first-order valence-corrected chi connectivity index (χ1v) is 10.4. The molecule has 0 saturated heterocycles. The zero-order valence-electron chi connectivity index (χ0n) is 16.3. The van der Waals surface area contributed by atoms with Gasteiger partial charge in [-0.05, 0) is 60.9 Å². The number of hydrogen-bond donors (Lipinski definition) is 0. The standard InChI is InChI=1S/C22H28O3S/c1-6-16-13-17(7-2)20(12-15(16)4)24-14-18-19(25-22(23)8-3)10-9-11-21(18)26-5/h9-13H,6-8,14H2,1-5H3. The van der Waals surface area contributed by atoms with Crippen molar-refractivity contribution in [1.82, 2.24) is 0 Å². The van der Waals surface area contributed by atoms with Crippen LogP contribution in [0.25, 0.3) is 0 Å². The number of carbonyl (C=O) groups is 1. The molecular formula is C22H28O3S. The Morgan fingerprint density at radius 1 is 1.04 bits per heavy atom. The van der Waals surface area contributed by atoms with E-state index >= 15 is 0 Å². The summed E-state index contributed by atoms with van der Waals surface area (Å²) in [6.45, 7) is 8.60. The topological polar surface area (TPSA) is 35.5 Å². The molecule has 0 unspecified atom stereocenters. The molecule has 4 heteroatoms. The first-order chi connectivity index (χ1) is 12.5. The van der Waals surface area contributed by atoms with Gasteiger partial charge in [-0.1, -0.05) is 32.9 Å². The van der Waals surface area contributed by atoms with Crippen molar-refractivity contribution in [1.29, 1.82) is 0 Å². The number of benzene rings is 2. The third-order valence-electron chi connectivity index (χ3n) is 4.48. The minimum atomic E-state index is -0.234. The molecule has 140 valence electrons. The highest BCUT2D eigenvalue weighted by Crippen LogP contribution is 2.32. The van der Waals surface area contributed by atoms with Crippen molar-refractivity contribution in [2.45, 2.75) is 58.5 Å². The second kappa shape index (κ2) is 9.67. The van der Waals surface area contributed by atoms with Crippen LogP contribution in [-0.4, -0.2) is 12.2 Å². The van der Waals surface area contributed by atoms with Crippen LogP contribution in [0.1, 0.15) is 49.4 Å². The summed E-state index contributed by atoms with van der Waals surface area (Å²) < 4.78 is 11.7. The van der Waals surface area contributed by atoms with E-state index in [1.54, 1.807) is 18.7 Å². The van der Waals surface area contributed by atoms with Crippen molar-refractivity contribution in [2.75, 3.05) is 6.26 Å². The Morgan fingerprint density at radius 3 is 2.38 bits per heavy atom. The van der Waals surface area contributed by atoms with Gasteiger partial charge in [0, 0.05) is 16.9 Å². The monoisotopic (exact) mass is 372 g/mol. The van der Waals surface area contributed by atoms with Gasteiger partial charge in [-0.3, -0.25) is 4.79 Å². The molecular weight excluding hydrogens is 344 g/mol. The number of hydrogen-bond acceptors (Lipinski definition) is 4. The van der Waals surface area contributed by atoms with E-state index in [9.17, 15) is 4.79 Å². The van der Waals surface area contributed by atoms with Crippen molar-refractivity contribution < 1.29 is 14.3 Å². The van der Waals surface area contributed by atoms with Crippen LogP contribution < -0.4 is 9.47 Å². The summed E-state index contributed by atoms with van der Waals surface area (Å²) in [5.74, 6) is 1.26. The average molecular weight is 373 g/mol. The fourth-order valence-corrected chi connectivity index (χ4v) is 3.51. The number of aryl methyl sites for hydroxylation is 3. The third-order valence-corrected chi connectivity index (χ3v) is 5.30. The maximum Gasteiger partial charge on any atom is 0.310 e. The van der Waals surface area contributed by atoms with Gasteiger partial charge < -0.3 is 9.47 Å². The molecule has 0 amide bonds. The number of carbonyl (C=O) groups excluding carboxylic acids is 1. The van der Waals surface area contributed by atoms with Crippen LogP contribution in [0.2, 0.25) is 0 Å². The number of thioether (sulfide) groups is 1. The van der Waals surface area contributed by atoms with Gasteiger partial charge in [0.1, 0.15) is 18.1 Å². The predicted octanol–water partition coefficient (Wildman–Crippen LogP) is 5.74. The van der Waals surface area contributed by atoms with Crippen LogP contribution in [0.4, 0.5) is 0 Å². The molecule has 0 heterocycles. The molecule has 3 nitrogen and oxygen atoms in total. The second-order valence-electron chi connectivity index (χ2n) is 6.15. The Labute approximate surface area is 161 Å². The van der Waals surface area contributed by atoms with Crippen LogP contribution in [0, 0.1) is 6.92 Å². The SMILES string of the molecule is CCC(=O)Oc1cccc(SC)c1COc1cc(C)c(CC)cc1CC. The van der Waals surface area contributed by atoms with Crippen LogP contribution in [-0.2, 0) is 24.2 Å². The molecule has 0 aliphatic carbocycles. The highest BCUT2D eigenvalue weighted by Gasteiger charge is 2.14. The minimum Gasteiger partial charge on any atom is -0.488 e. The first-order valence-electron chi connectivity index (χ1n) is 9.15. The van der Waals surface area contributed by atoms with Gasteiger partial charge >= 0.3 is 5.97 Å². The van der Waals surface area contributed by atoms with Gasteiger partial charge in [0.05, 0.1) is 0 Å². The molecule has 0 atom stereocenters. The van der Waals surface area contributed by atoms with Crippen molar-refractivity contribution in [3.8, 4) is 11.5 Å². The smallest absolute Gasteiger partial charge is 0.310 e. The number of rotatable bonds is 8. The van der Waals surface area contributed by atoms with Gasteiger partial charge in [0.2, 0.25) is 0 Å². The third kappa shape index (κ3) is 4.82. The molecule has 0 aliphatic heterocycles. The normalized spacial score (nSPS) is 10.7. The first kappa shape index (κ1) is 20.4. The zero-order valence-corrected chi connectivity index (χ0v) is 17.2. The van der Waals surface area contributed by atoms with E-state index in [2.05, 4.69) is 32.9 Å². The summed E-state index contributed by atoms with van der Waals surface area (Å²) in [4.78, 5) is 12.8. The zero-order chi connectivity index (χ0) is 19.1. The summed E-state index contributed by atoms with van der Waals surface area (Å²) in [7, 11) is 0. The van der Waals surface area contributed by atoms with Crippen molar-refractivity contribution >= 4 is 17.7 Å². The molecule has 2 aromatic rings. The van der Waals surface area contributed by atoms with E-state index in [1.165, 1.54) is 16.7 Å². The molecule has 2 aromatic carbocycles. The lowest BCUT2D eigenvalue weighted by Gasteiger charge is -2.17. The molecule has 0 aromatic heterocycles. The van der Waals surface area contributed by atoms with E-state index < -0.39 is 0 Å². The van der Waals surface area contributed by atoms with E-state index in [4.69, 9.17) is 9.47 Å². The van der Waals surface area contributed by atoms with Crippen LogP contribution in [0.5, 0.6) is 11.5 Å². The van der Waals surface area contributed by atoms with Gasteiger partial charge in [-0.15, -0.1) is 11.8 Å². The van der Waals surface area contributed by atoms with E-state index in [1.807, 2.05) is 24.5 Å². The van der Waals surface area contributed by atoms with Crippen molar-refractivity contribution in [3.05, 3.63) is 52.6 Å². The lowest BCUT2D eigenvalue weighted by Crippen LogP contribution is -2.09. The fourth-order valence-electron chi connectivity index (χ4n) is 2.89. The average Bonchev–Trinajstić information content (AvgIpc) is 2.66. The van der Waals surface area contributed by atoms with Gasteiger partial charge in [0.25, 0.3) is 0 Å². The van der Waals surface area contributed by atoms with E-state index in [0.29, 0.717) is 18.8 Å². The second-order valence-corrected chi connectivity index (χ2v) is 6.99. The van der Waals surface area contributed by atoms with Crippen molar-refractivity contribution in [2.24, 2.45) is 0 Å². The van der Waals surface area contributed by atoms with E-state index in [0.717, 1.165) is 29.1 Å². The largest absolute Gasteiger partial charge is 0.488 e. The molecule has 26 heavy (non-hydrogen) atoms. The molecule has 0 radical (unpaired) electrons. The van der Waals surface area contributed by atoms with Gasteiger partial charge in [0.15, 0.2) is 0 Å². The Hall–Kier alpha value is -1.94. The van der Waals surface area contributed by atoms with Crippen molar-refractivity contribution in [3.63, 3.8) is 0 Å². The summed E-state index contributed by atoms with van der Waals surface area (Å²) >= 11 is 1.63. The summed E-state index contributed by atoms with van der Waals surface area (Å²) in [5, 5.41) is 0. The molecule has 0 bridgehead atoms. The Kier molecular flexibility index (Phi) is 7.58. The number of esters is 1. The van der Waals surface area contributed by atoms with Crippen LogP contribution in [0.3, 0.4) is 0 Å². The highest BCUT2D eigenvalue weighted by atomic mass is 32.2. The fraction of sp³-hybridized carbons (Fsp3) is 0.409. The molecule has 0 aliphatic rings. The maximum atomic E-state index is 11.8. The lowest BCUT2D eigenvalue weighted by molar-refractivity contribution is -0.134. The molecule has 0 fully saturated rings. The predicted molar refractivity (Wildman–Crippen MR) is 108 cm³/mol. The maximum absolute atomic E-state index is 11.8. The Morgan fingerprint density at radius 2 is 1.77 bits per heavy atom. The molecule has 0 saturated carbocycles. The van der Waals surface area contributed by atoms with Gasteiger partial charge in [-0.25, -0.2) is 0 Å². The summed E-state index contributed by atoms with van der Waals surface area (Å²) in [5.41, 5.74) is 4.73. The van der Waals surface area contributed by atoms with Gasteiger partial charge in [-0.2, -0.15) is 0 Å². The van der Waals surface area contributed by atoms with Crippen LogP contribution >= 0.6 is 11.8 Å². The molecule has 2 rings (SSSR count). The minimum absolute atomic E-state index is 0.234. The summed E-state index contributed by atoms with van der Waals surface area (Å²) in [6, 6.07) is 10.1. The highest BCUT2D eigenvalue weighted by molar-refractivity contribution is 7.98. The quantitative estimate of drug-likeness (QED) is 0.336. The Bertz CT molecular complexity index is 768. The summed E-state index contributed by atoms with van der Waals surface area (Å²) in [6.07, 6.45) is 4.30. The Balaban J connectivity index is 2.31. The van der Waals surface area contributed by atoms with Crippen LogP contribution in [0.15, 0.2) is 35.2 Å². The molecule has 0 N–H and O–H groups in total. The number of ether oxygens (including phenoxy) is 2. The molecule has 0 spiro atoms.